The third kappa shape index (κ3) is 5.64. The second-order valence-corrected chi connectivity index (χ2v) is 24.4. The molecule has 0 spiro atoms. The SMILES string of the molecule is N#Cc1ccccc1S(=O)(=O)c1ccc(-n2c3ccccc3c3c2c2c4ccccc4n(-c4ccccc4)c2c2c4ccccc4n(-c4cc5c6c(c4)C4CC(C4)c4ccccc4[SH]6C4C=CC=C[C@@H]4O5)c23)cc1. The number of thiol groups is 1. The highest BCUT2D eigenvalue weighted by Crippen LogP contribution is 2.67. The van der Waals surface area contributed by atoms with Crippen LogP contribution in [0.2, 0.25) is 0 Å². The first-order chi connectivity index (χ1) is 36.5. The zero-order valence-electron chi connectivity index (χ0n) is 39.8. The summed E-state index contributed by atoms with van der Waals surface area (Å²) in [4.78, 5) is 3.02. The largest absolute Gasteiger partial charge is 0.484 e. The maximum absolute atomic E-state index is 14.3. The Labute approximate surface area is 429 Å². The summed E-state index contributed by atoms with van der Waals surface area (Å²) in [7, 11) is -4.78. The van der Waals surface area contributed by atoms with Crippen LogP contribution in [0.5, 0.6) is 5.75 Å². The summed E-state index contributed by atoms with van der Waals surface area (Å²) in [5, 5.41) is 16.9. The predicted molar refractivity (Wildman–Crippen MR) is 299 cm³/mol. The highest BCUT2D eigenvalue weighted by molar-refractivity contribution is 8.18. The van der Waals surface area contributed by atoms with E-state index < -0.39 is 20.7 Å². The van der Waals surface area contributed by atoms with E-state index in [9.17, 15) is 13.7 Å². The number of benzene rings is 9. The zero-order valence-corrected chi connectivity index (χ0v) is 41.5. The van der Waals surface area contributed by atoms with Crippen LogP contribution in [-0.4, -0.2) is 33.5 Å². The molecule has 1 saturated carbocycles. The maximum Gasteiger partial charge on any atom is 0.207 e. The molecular formula is C65H44N4O3S2. The Hall–Kier alpha value is -8.55. The van der Waals surface area contributed by atoms with Crippen molar-refractivity contribution in [3.8, 4) is 28.9 Å². The summed E-state index contributed by atoms with van der Waals surface area (Å²) in [6.07, 6.45) is 11.2. The van der Waals surface area contributed by atoms with Crippen LogP contribution in [0.15, 0.2) is 232 Å². The summed E-state index contributed by atoms with van der Waals surface area (Å²) >= 11 is 0. The topological polar surface area (TPSA) is 82.0 Å². The molecule has 0 N–H and O–H groups in total. The molecule has 354 valence electrons. The Kier molecular flexibility index (Phi) is 8.79. The summed E-state index contributed by atoms with van der Waals surface area (Å²) in [5.74, 6) is 1.94. The Morgan fingerprint density at radius 2 is 1.05 bits per heavy atom. The second-order valence-electron chi connectivity index (χ2n) is 20.2. The van der Waals surface area contributed by atoms with Crippen molar-refractivity contribution in [2.24, 2.45) is 0 Å². The lowest BCUT2D eigenvalue weighted by Crippen LogP contribution is -2.36. The number of hydrogen-bond acceptors (Lipinski definition) is 4. The third-order valence-corrected chi connectivity index (χ3v) is 21.2. The zero-order chi connectivity index (χ0) is 49.0. The van der Waals surface area contributed by atoms with E-state index >= 15 is 0 Å². The predicted octanol–water partition coefficient (Wildman–Crippen LogP) is 15.3. The quantitative estimate of drug-likeness (QED) is 0.174. The van der Waals surface area contributed by atoms with Crippen LogP contribution in [0.3, 0.4) is 0 Å². The van der Waals surface area contributed by atoms with Gasteiger partial charge in [0.2, 0.25) is 9.84 Å². The molecule has 17 rings (SSSR count). The van der Waals surface area contributed by atoms with Crippen molar-refractivity contribution in [1.29, 1.82) is 5.26 Å². The van der Waals surface area contributed by atoms with Crippen molar-refractivity contribution in [2.75, 3.05) is 0 Å². The molecule has 7 nitrogen and oxygen atoms in total. The number of nitriles is 1. The fraction of sp³-hybridized carbons (Fsp3) is 0.0923. The molecular weight excluding hydrogens is 949 g/mol. The number of allylic oxidation sites excluding steroid dienone is 2. The van der Waals surface area contributed by atoms with Gasteiger partial charge in [0.25, 0.3) is 0 Å². The third-order valence-electron chi connectivity index (χ3n) is 16.5. The van der Waals surface area contributed by atoms with Gasteiger partial charge in [0, 0.05) is 54.7 Å². The lowest BCUT2D eigenvalue weighted by atomic mass is 9.68. The molecule has 3 aliphatic heterocycles. The second kappa shape index (κ2) is 15.5. The van der Waals surface area contributed by atoms with Gasteiger partial charge in [-0.1, -0.05) is 121 Å². The Bertz CT molecular complexity index is 4640. The van der Waals surface area contributed by atoms with Crippen molar-refractivity contribution < 1.29 is 13.2 Å². The van der Waals surface area contributed by atoms with Crippen LogP contribution < -0.4 is 4.74 Å². The van der Waals surface area contributed by atoms with Crippen molar-refractivity contribution in [1.82, 2.24) is 13.7 Å². The smallest absolute Gasteiger partial charge is 0.207 e. The van der Waals surface area contributed by atoms with Crippen LogP contribution in [0.25, 0.3) is 82.5 Å². The first-order valence-corrected chi connectivity index (χ1v) is 28.3. The van der Waals surface area contributed by atoms with E-state index in [-0.39, 0.29) is 26.7 Å². The molecule has 1 fully saturated rings. The molecule has 3 aromatic heterocycles. The van der Waals surface area contributed by atoms with Gasteiger partial charge in [-0.25, -0.2) is 8.42 Å². The van der Waals surface area contributed by atoms with Gasteiger partial charge in [0.1, 0.15) is 17.9 Å². The minimum absolute atomic E-state index is 0.00363. The number of nitrogens with zero attached hydrogens (tertiary/aromatic N) is 4. The first kappa shape index (κ1) is 42.0. The van der Waals surface area contributed by atoms with Gasteiger partial charge < -0.3 is 18.4 Å². The van der Waals surface area contributed by atoms with Gasteiger partial charge in [0.05, 0.1) is 59.4 Å². The van der Waals surface area contributed by atoms with Crippen molar-refractivity contribution in [3.05, 3.63) is 229 Å². The Morgan fingerprint density at radius 3 is 1.70 bits per heavy atom. The fourth-order valence-corrected chi connectivity index (χ4v) is 18.0. The standard InChI is InChI=1S/C65H44N4O3S2/c66-38-39-16-4-15-29-58(39)74(70,71)45-32-30-43(31-33-45)68-52-24-10-6-21-48(52)60-63(68)59-47-20-5-9-23-51(47)67(42-17-2-1-3-18-42)62(59)61-49-22-7-11-25-53(49)69(64(60)61)44-36-50-41-34-40(35-41)46-19-8-13-27-56(46)73-57-28-14-12-26-54(57)72-55(37-44)65(50)73/h1-33,36-37,40-41,54,57,73H,34-35H2/t40?,41?,54-,57?/m0/s1. The number of para-hydroxylation sites is 4. The van der Waals surface area contributed by atoms with E-state index in [0.717, 1.165) is 101 Å². The van der Waals surface area contributed by atoms with E-state index in [2.05, 4.69) is 184 Å². The summed E-state index contributed by atoms with van der Waals surface area (Å²) in [5.41, 5.74) is 12.4. The molecule has 9 aromatic carbocycles. The van der Waals surface area contributed by atoms with Crippen molar-refractivity contribution in [3.63, 3.8) is 0 Å². The molecule has 74 heavy (non-hydrogen) atoms. The van der Waals surface area contributed by atoms with E-state index in [1.807, 2.05) is 12.1 Å². The highest BCUT2D eigenvalue weighted by Gasteiger charge is 2.45. The van der Waals surface area contributed by atoms with Gasteiger partial charge in [-0.15, -0.1) is 0 Å². The number of sulfone groups is 1. The lowest BCUT2D eigenvalue weighted by Gasteiger charge is -2.49. The average molecular weight is 993 g/mol. The number of rotatable bonds is 5. The van der Waals surface area contributed by atoms with Crippen LogP contribution in [-0.2, 0) is 9.84 Å². The normalized spacial score (nSPS) is 20.0. The minimum atomic E-state index is -4.02. The molecule has 12 aromatic rings. The van der Waals surface area contributed by atoms with Gasteiger partial charge in [0.15, 0.2) is 0 Å². The minimum Gasteiger partial charge on any atom is -0.484 e. The van der Waals surface area contributed by atoms with Crippen LogP contribution in [0, 0.1) is 11.3 Å². The molecule has 6 heterocycles. The first-order valence-electron chi connectivity index (χ1n) is 25.4. The molecule has 0 amide bonds. The Balaban J connectivity index is 1.06. The number of aromatic nitrogens is 3. The van der Waals surface area contributed by atoms with Crippen molar-refractivity contribution >= 4 is 86.1 Å². The molecule has 9 heteroatoms. The number of fused-ring (bicyclic) bond motifs is 13. The molecule has 0 radical (unpaired) electrons. The van der Waals surface area contributed by atoms with E-state index in [1.54, 1.807) is 30.3 Å². The van der Waals surface area contributed by atoms with E-state index in [4.69, 9.17) is 4.74 Å². The fourth-order valence-electron chi connectivity index (χ4n) is 13.3. The number of hydrogen-bond donors (Lipinski definition) is 1. The molecule has 2 unspecified atom stereocenters. The molecule has 0 saturated heterocycles. The maximum atomic E-state index is 14.3. The number of ether oxygens (including phenoxy) is 1. The average Bonchev–Trinajstić information content (AvgIpc) is 4.09. The highest BCUT2D eigenvalue weighted by atomic mass is 32.2. The van der Waals surface area contributed by atoms with E-state index in [1.165, 1.54) is 27.0 Å². The van der Waals surface area contributed by atoms with Crippen LogP contribution >= 0.6 is 10.9 Å². The van der Waals surface area contributed by atoms with Gasteiger partial charge in [-0.05, 0) is 126 Å². The van der Waals surface area contributed by atoms with Crippen molar-refractivity contribution in [2.45, 2.75) is 55.6 Å². The monoisotopic (exact) mass is 992 g/mol. The molecule has 5 aliphatic rings. The van der Waals surface area contributed by atoms with Crippen LogP contribution in [0.4, 0.5) is 0 Å². The molecule has 3 atom stereocenters. The summed E-state index contributed by atoms with van der Waals surface area (Å²) in [6, 6.07) is 66.8. The van der Waals surface area contributed by atoms with Gasteiger partial charge in [-0.3, -0.25) is 0 Å². The van der Waals surface area contributed by atoms with Gasteiger partial charge in [-0.2, -0.15) is 16.2 Å². The Morgan fingerprint density at radius 1 is 0.527 bits per heavy atom. The van der Waals surface area contributed by atoms with E-state index in [0.29, 0.717) is 11.8 Å². The lowest BCUT2D eigenvalue weighted by molar-refractivity contribution is 0.239. The molecule has 2 aliphatic carbocycles. The summed E-state index contributed by atoms with van der Waals surface area (Å²) in [6.45, 7) is 0. The summed E-state index contributed by atoms with van der Waals surface area (Å²) < 4.78 is 43.1. The van der Waals surface area contributed by atoms with Gasteiger partial charge >= 0.3 is 0 Å². The molecule has 2 bridgehead atoms. The van der Waals surface area contributed by atoms with Crippen LogP contribution in [0.1, 0.15) is 41.4 Å².